The third-order valence-electron chi connectivity index (χ3n) is 5.09. The quantitative estimate of drug-likeness (QED) is 0.416. The van der Waals surface area contributed by atoms with Gasteiger partial charge < -0.3 is 15.2 Å². The van der Waals surface area contributed by atoms with Gasteiger partial charge in [0.05, 0.1) is 30.6 Å². The summed E-state index contributed by atoms with van der Waals surface area (Å²) in [4.78, 5) is 28.5. The Morgan fingerprint density at radius 1 is 1.46 bits per heavy atom. The van der Waals surface area contributed by atoms with Crippen molar-refractivity contribution < 1.29 is 27.8 Å². The number of benzene rings is 1. The minimum Gasteiger partial charge on any atom is -0.449 e. The third-order valence-corrected chi connectivity index (χ3v) is 5.31. The summed E-state index contributed by atoms with van der Waals surface area (Å²) >= 11 is 5.88. The number of aliphatic hydroxyl groups excluding tert-OH is 1. The Hall–Kier alpha value is -3.62. The molecule has 0 radical (unpaired) electrons. The zero-order valence-electron chi connectivity index (χ0n) is 18.4. The number of likely N-dealkylation sites (N-methyl/N-ethyl adjacent to an activating group) is 1. The van der Waals surface area contributed by atoms with E-state index >= 15 is 0 Å². The Morgan fingerprint density at radius 3 is 2.71 bits per heavy atom. The van der Waals surface area contributed by atoms with Crippen LogP contribution in [0.3, 0.4) is 0 Å². The van der Waals surface area contributed by atoms with E-state index in [0.29, 0.717) is 6.33 Å². The highest BCUT2D eigenvalue weighted by Crippen LogP contribution is 2.37. The standard InChI is InChI=1S/C23H20ClF3N4O4/c1-12(5-17(21(33)29-2)18(32)14-3-4-14)10-31-11-30-20(23(25,26)27)19(22(31)34)35-16-7-13(9-28)6-15(24)8-16/h5-8,11,14,18,32H,1,3-4,10H2,2H3,(H,29,33)/b17-5-. The summed E-state index contributed by atoms with van der Waals surface area (Å²) in [5, 5.41) is 21.9. The van der Waals surface area contributed by atoms with Crippen LogP contribution in [-0.4, -0.2) is 33.7 Å². The van der Waals surface area contributed by atoms with E-state index in [-0.39, 0.29) is 39.9 Å². The molecular formula is C23H20ClF3N4O4. The number of ether oxygens (including phenoxy) is 1. The summed E-state index contributed by atoms with van der Waals surface area (Å²) in [7, 11) is 1.39. The van der Waals surface area contributed by atoms with Gasteiger partial charge in [0.25, 0.3) is 5.56 Å². The van der Waals surface area contributed by atoms with Crippen LogP contribution in [0.25, 0.3) is 0 Å². The summed E-state index contributed by atoms with van der Waals surface area (Å²) in [6.45, 7) is 3.42. The SMILES string of the molecule is C=C(/C=C(\C(=O)NC)C(O)C1CC1)Cn1cnc(C(F)(F)F)c(Oc2cc(Cl)cc(C#N)c2)c1=O. The first kappa shape index (κ1) is 26.0. The van der Waals surface area contributed by atoms with Crippen LogP contribution in [0.4, 0.5) is 13.2 Å². The van der Waals surface area contributed by atoms with Crippen molar-refractivity contribution in [3.8, 4) is 17.6 Å². The van der Waals surface area contributed by atoms with Gasteiger partial charge in [-0.1, -0.05) is 18.2 Å². The monoisotopic (exact) mass is 508 g/mol. The van der Waals surface area contributed by atoms with Crippen molar-refractivity contribution in [1.29, 1.82) is 5.26 Å². The molecule has 1 amide bonds. The largest absolute Gasteiger partial charge is 0.449 e. The molecule has 35 heavy (non-hydrogen) atoms. The van der Waals surface area contributed by atoms with Crippen LogP contribution in [0.2, 0.25) is 5.02 Å². The Kier molecular flexibility index (Phi) is 7.67. The van der Waals surface area contributed by atoms with Crippen LogP contribution in [0.5, 0.6) is 11.5 Å². The van der Waals surface area contributed by atoms with Gasteiger partial charge in [0, 0.05) is 17.6 Å². The predicted octanol–water partition coefficient (Wildman–Crippen LogP) is 3.58. The second kappa shape index (κ2) is 10.3. The van der Waals surface area contributed by atoms with Crippen molar-refractivity contribution in [2.75, 3.05) is 7.05 Å². The van der Waals surface area contributed by atoms with Gasteiger partial charge in [0.15, 0.2) is 5.69 Å². The number of hydrogen-bond acceptors (Lipinski definition) is 6. The zero-order valence-corrected chi connectivity index (χ0v) is 19.2. The second-order valence-corrected chi connectivity index (χ2v) is 8.30. The molecule has 0 spiro atoms. The molecule has 1 aromatic heterocycles. The van der Waals surface area contributed by atoms with E-state index in [4.69, 9.17) is 21.6 Å². The van der Waals surface area contributed by atoms with Gasteiger partial charge in [-0.3, -0.25) is 14.2 Å². The lowest BCUT2D eigenvalue weighted by molar-refractivity contribution is -0.142. The van der Waals surface area contributed by atoms with E-state index < -0.39 is 35.2 Å². The van der Waals surface area contributed by atoms with Crippen LogP contribution in [-0.2, 0) is 17.5 Å². The van der Waals surface area contributed by atoms with Gasteiger partial charge >= 0.3 is 6.18 Å². The van der Waals surface area contributed by atoms with Crippen LogP contribution in [0.15, 0.2) is 53.1 Å². The van der Waals surface area contributed by atoms with Crippen LogP contribution >= 0.6 is 11.6 Å². The Balaban J connectivity index is 1.99. The highest BCUT2D eigenvalue weighted by Gasteiger charge is 2.39. The average Bonchev–Trinajstić information content (AvgIpc) is 3.63. The normalized spacial score (nSPS) is 14.7. The van der Waals surface area contributed by atoms with Gasteiger partial charge in [-0.2, -0.15) is 18.4 Å². The van der Waals surface area contributed by atoms with Gasteiger partial charge in [-0.05, 0) is 48.6 Å². The maximum absolute atomic E-state index is 13.6. The van der Waals surface area contributed by atoms with Crippen molar-refractivity contribution in [2.24, 2.45) is 5.92 Å². The summed E-state index contributed by atoms with van der Waals surface area (Å²) in [6.07, 6.45) is -2.56. The number of nitrogens with one attached hydrogen (secondary N) is 1. The lowest BCUT2D eigenvalue weighted by Crippen LogP contribution is -2.29. The minimum absolute atomic E-state index is 0.0136. The number of carbonyl (C=O) groups excluding carboxylic acids is 1. The molecule has 3 rings (SSSR count). The number of amides is 1. The minimum atomic E-state index is -5.01. The number of hydrogen-bond donors (Lipinski definition) is 2. The number of carbonyl (C=O) groups is 1. The van der Waals surface area contributed by atoms with Gasteiger partial charge in [0.1, 0.15) is 5.75 Å². The lowest BCUT2D eigenvalue weighted by Gasteiger charge is -2.16. The molecule has 1 saturated carbocycles. The summed E-state index contributed by atoms with van der Waals surface area (Å²) < 4.78 is 46.7. The maximum atomic E-state index is 13.6. The second-order valence-electron chi connectivity index (χ2n) is 7.86. The highest BCUT2D eigenvalue weighted by atomic mass is 35.5. The number of rotatable bonds is 8. The summed E-state index contributed by atoms with van der Waals surface area (Å²) in [6, 6.07) is 5.34. The van der Waals surface area contributed by atoms with Crippen molar-refractivity contribution in [1.82, 2.24) is 14.9 Å². The summed E-state index contributed by atoms with van der Waals surface area (Å²) in [5.41, 5.74) is -2.53. The number of alkyl halides is 3. The maximum Gasteiger partial charge on any atom is 0.437 e. The number of nitriles is 1. The average molecular weight is 509 g/mol. The first-order valence-electron chi connectivity index (χ1n) is 10.3. The van der Waals surface area contributed by atoms with Crippen molar-refractivity contribution >= 4 is 17.5 Å². The summed E-state index contributed by atoms with van der Waals surface area (Å²) in [5.74, 6) is -1.99. The molecule has 12 heteroatoms. The molecule has 0 aliphatic heterocycles. The first-order valence-corrected chi connectivity index (χ1v) is 10.7. The number of nitrogens with zero attached hydrogens (tertiary/aromatic N) is 3. The fraction of sp³-hybridized carbons (Fsp3) is 0.304. The highest BCUT2D eigenvalue weighted by molar-refractivity contribution is 6.30. The lowest BCUT2D eigenvalue weighted by atomic mass is 10.0. The number of halogens is 4. The molecule has 2 N–H and O–H groups in total. The molecule has 2 aromatic rings. The zero-order chi connectivity index (χ0) is 25.9. The molecule has 1 unspecified atom stereocenters. The molecule has 0 bridgehead atoms. The van der Waals surface area contributed by atoms with E-state index in [9.17, 15) is 27.9 Å². The van der Waals surface area contributed by atoms with E-state index in [1.165, 1.54) is 19.2 Å². The van der Waals surface area contributed by atoms with Crippen LogP contribution in [0, 0.1) is 17.2 Å². The van der Waals surface area contributed by atoms with Crippen LogP contribution < -0.4 is 15.6 Å². The van der Waals surface area contributed by atoms with E-state index in [1.807, 2.05) is 0 Å². The fourth-order valence-electron chi connectivity index (χ4n) is 3.26. The fourth-order valence-corrected chi connectivity index (χ4v) is 3.49. The molecule has 1 heterocycles. The molecule has 1 aliphatic carbocycles. The van der Waals surface area contributed by atoms with Crippen molar-refractivity contribution in [3.05, 3.63) is 75.0 Å². The molecule has 1 aliphatic rings. The molecule has 8 nitrogen and oxygen atoms in total. The van der Waals surface area contributed by atoms with Crippen LogP contribution in [0.1, 0.15) is 24.1 Å². The topological polar surface area (TPSA) is 117 Å². The number of aromatic nitrogens is 2. The third kappa shape index (κ3) is 6.29. The Bertz CT molecular complexity index is 1290. The molecule has 1 fully saturated rings. The Labute approximate surface area is 202 Å². The predicted molar refractivity (Wildman–Crippen MR) is 120 cm³/mol. The molecule has 1 atom stereocenters. The first-order chi connectivity index (χ1) is 16.4. The van der Waals surface area contributed by atoms with Crippen molar-refractivity contribution in [2.45, 2.75) is 31.7 Å². The molecule has 0 saturated heterocycles. The molecule has 184 valence electrons. The molecular weight excluding hydrogens is 489 g/mol. The number of aliphatic hydroxyl groups is 1. The van der Waals surface area contributed by atoms with Gasteiger partial charge in [-0.15, -0.1) is 0 Å². The smallest absolute Gasteiger partial charge is 0.437 e. The number of allylic oxidation sites excluding steroid dienone is 2. The van der Waals surface area contributed by atoms with E-state index in [0.717, 1.165) is 29.5 Å². The van der Waals surface area contributed by atoms with Gasteiger partial charge in [-0.25, -0.2) is 4.98 Å². The van der Waals surface area contributed by atoms with Crippen molar-refractivity contribution in [3.63, 3.8) is 0 Å². The Morgan fingerprint density at radius 2 is 2.14 bits per heavy atom. The van der Waals surface area contributed by atoms with Gasteiger partial charge in [0.2, 0.25) is 11.7 Å². The molecule has 1 aromatic carbocycles. The van der Waals surface area contributed by atoms with E-state index in [1.54, 1.807) is 6.07 Å². The van der Waals surface area contributed by atoms with E-state index in [2.05, 4.69) is 16.9 Å².